The van der Waals surface area contributed by atoms with E-state index in [1.54, 1.807) is 24.4 Å². The predicted octanol–water partition coefficient (Wildman–Crippen LogP) is 1.69. The van der Waals surface area contributed by atoms with Crippen LogP contribution >= 0.6 is 0 Å². The van der Waals surface area contributed by atoms with E-state index in [1.165, 1.54) is 21.7 Å². The van der Waals surface area contributed by atoms with Gasteiger partial charge in [-0.2, -0.15) is 0 Å². The van der Waals surface area contributed by atoms with Crippen LogP contribution in [0.5, 0.6) is 0 Å². The van der Waals surface area contributed by atoms with Gasteiger partial charge < -0.3 is 9.88 Å². The van der Waals surface area contributed by atoms with Gasteiger partial charge in [0.05, 0.1) is 18.8 Å². The molecule has 2 heterocycles. The Bertz CT molecular complexity index is 730. The van der Waals surface area contributed by atoms with E-state index in [0.717, 1.165) is 0 Å². The number of piperidine rings is 1. The molecular formula is C15H15F2N3O2. The lowest BCUT2D eigenvalue weighted by Gasteiger charge is -2.31. The third-order valence-electron chi connectivity index (χ3n) is 3.66. The molecule has 1 aliphatic rings. The van der Waals surface area contributed by atoms with Crippen LogP contribution in [-0.4, -0.2) is 45.8 Å². The molecule has 0 spiro atoms. The number of nitrogens with one attached hydrogen (secondary N) is 1. The maximum absolute atomic E-state index is 13.4. The van der Waals surface area contributed by atoms with Gasteiger partial charge in [0, 0.05) is 24.4 Å². The number of imidazole rings is 1. The molecule has 0 unspecified atom stereocenters. The van der Waals surface area contributed by atoms with Crippen molar-refractivity contribution in [2.24, 2.45) is 0 Å². The number of benzene rings is 1. The van der Waals surface area contributed by atoms with E-state index in [2.05, 4.69) is 4.98 Å². The Balaban J connectivity index is 1.87. The summed E-state index contributed by atoms with van der Waals surface area (Å²) in [5, 5.41) is 0. The van der Waals surface area contributed by atoms with Crippen molar-refractivity contribution in [3.8, 4) is 5.69 Å². The summed E-state index contributed by atoms with van der Waals surface area (Å²) in [6.07, 6.45) is 0.180. The van der Waals surface area contributed by atoms with Gasteiger partial charge in [0.25, 0.3) is 5.91 Å². The Kier molecular flexibility index (Phi) is 3.79. The number of likely N-dealkylation sites (tertiary alicyclic amines) is 1. The molecule has 0 aliphatic carbocycles. The normalized spacial score (nSPS) is 21.8. The third-order valence-corrected chi connectivity index (χ3v) is 3.66. The fraction of sp³-hybridized carbons (Fsp3) is 0.333. The molecule has 2 atom stereocenters. The van der Waals surface area contributed by atoms with Crippen molar-refractivity contribution >= 4 is 5.91 Å². The van der Waals surface area contributed by atoms with Gasteiger partial charge in [-0.15, -0.1) is 0 Å². The molecule has 0 radical (unpaired) electrons. The average molecular weight is 307 g/mol. The van der Waals surface area contributed by atoms with Crippen LogP contribution in [-0.2, 0) is 0 Å². The number of alkyl halides is 2. The second kappa shape index (κ2) is 5.75. The first kappa shape index (κ1) is 14.5. The zero-order valence-corrected chi connectivity index (χ0v) is 11.7. The van der Waals surface area contributed by atoms with Crippen LogP contribution in [0.4, 0.5) is 8.78 Å². The Hall–Kier alpha value is -2.44. The lowest BCUT2D eigenvalue weighted by Crippen LogP contribution is -2.45. The zero-order chi connectivity index (χ0) is 15.7. The van der Waals surface area contributed by atoms with E-state index >= 15 is 0 Å². The maximum atomic E-state index is 13.4. The second-order valence-corrected chi connectivity index (χ2v) is 5.33. The lowest BCUT2D eigenvalue weighted by molar-refractivity contribution is 0.0469. The molecular weight excluding hydrogens is 292 g/mol. The summed E-state index contributed by atoms with van der Waals surface area (Å²) < 4.78 is 28.2. The number of hydrogen-bond acceptors (Lipinski definition) is 2. The van der Waals surface area contributed by atoms with Crippen LogP contribution in [0, 0.1) is 0 Å². The summed E-state index contributed by atoms with van der Waals surface area (Å²) in [6.45, 7) is -0.207. The molecule has 1 fully saturated rings. The van der Waals surface area contributed by atoms with Crippen molar-refractivity contribution in [3.05, 3.63) is 52.7 Å². The summed E-state index contributed by atoms with van der Waals surface area (Å²) >= 11 is 0. The molecule has 2 aromatic rings. The molecule has 1 aromatic carbocycles. The highest BCUT2D eigenvalue weighted by Gasteiger charge is 2.30. The number of carbonyl (C=O) groups excluding carboxylic acids is 1. The van der Waals surface area contributed by atoms with Crippen LogP contribution in [0.3, 0.4) is 0 Å². The van der Waals surface area contributed by atoms with Crippen LogP contribution in [0.1, 0.15) is 16.8 Å². The molecule has 0 bridgehead atoms. The topological polar surface area (TPSA) is 58.1 Å². The minimum atomic E-state index is -1.34. The van der Waals surface area contributed by atoms with Crippen molar-refractivity contribution < 1.29 is 13.6 Å². The van der Waals surface area contributed by atoms with Gasteiger partial charge in [-0.05, 0) is 18.2 Å². The average Bonchev–Trinajstić information content (AvgIpc) is 2.92. The zero-order valence-electron chi connectivity index (χ0n) is 11.7. The summed E-state index contributed by atoms with van der Waals surface area (Å²) in [7, 11) is 0. The van der Waals surface area contributed by atoms with Crippen molar-refractivity contribution in [1.82, 2.24) is 14.5 Å². The Morgan fingerprint density at radius 2 is 1.95 bits per heavy atom. The van der Waals surface area contributed by atoms with Crippen molar-refractivity contribution in [1.29, 1.82) is 0 Å². The summed E-state index contributed by atoms with van der Waals surface area (Å²) in [4.78, 5) is 27.7. The fourth-order valence-electron chi connectivity index (χ4n) is 2.64. The summed E-state index contributed by atoms with van der Waals surface area (Å²) in [6, 6.07) is 6.41. The standard InChI is InChI=1S/C15H15F2N3O2/c16-11-7-12(17)9-19(8-11)14(21)10-2-1-3-13(6-10)20-5-4-18-15(20)22/h1-6,11-12H,7-9H2,(H,18,22)/t11-,12+. The largest absolute Gasteiger partial charge is 0.333 e. The molecule has 22 heavy (non-hydrogen) atoms. The molecule has 3 rings (SSSR count). The molecule has 1 aliphatic heterocycles. The minimum absolute atomic E-state index is 0.104. The lowest BCUT2D eigenvalue weighted by atomic mass is 10.1. The van der Waals surface area contributed by atoms with Crippen LogP contribution in [0.15, 0.2) is 41.5 Å². The van der Waals surface area contributed by atoms with E-state index in [1.807, 2.05) is 0 Å². The molecule has 0 saturated carbocycles. The molecule has 7 heteroatoms. The van der Waals surface area contributed by atoms with Gasteiger partial charge in [-0.3, -0.25) is 9.36 Å². The number of nitrogens with zero attached hydrogens (tertiary/aromatic N) is 2. The number of H-pyrrole nitrogens is 1. The maximum Gasteiger partial charge on any atom is 0.330 e. The highest BCUT2D eigenvalue weighted by Crippen LogP contribution is 2.19. The fourth-order valence-corrected chi connectivity index (χ4v) is 2.64. The predicted molar refractivity (Wildman–Crippen MR) is 76.7 cm³/mol. The Morgan fingerprint density at radius 3 is 2.59 bits per heavy atom. The minimum Gasteiger partial charge on any atom is -0.333 e. The SMILES string of the molecule is O=C(c1cccc(-n2cc[nH]c2=O)c1)N1C[C@H](F)C[C@H](F)C1. The number of carbonyl (C=O) groups is 1. The van der Waals surface area contributed by atoms with Gasteiger partial charge in [0.2, 0.25) is 0 Å². The van der Waals surface area contributed by atoms with E-state index in [9.17, 15) is 18.4 Å². The molecule has 116 valence electrons. The van der Waals surface area contributed by atoms with Crippen molar-refractivity contribution in [2.45, 2.75) is 18.8 Å². The van der Waals surface area contributed by atoms with E-state index < -0.39 is 18.3 Å². The van der Waals surface area contributed by atoms with Crippen LogP contribution < -0.4 is 5.69 Å². The first-order valence-corrected chi connectivity index (χ1v) is 6.98. The first-order chi connectivity index (χ1) is 10.5. The van der Waals surface area contributed by atoms with Crippen LogP contribution in [0.25, 0.3) is 5.69 Å². The number of amides is 1. The van der Waals surface area contributed by atoms with E-state index in [0.29, 0.717) is 11.3 Å². The smallest absolute Gasteiger partial charge is 0.330 e. The molecule has 1 amide bonds. The monoisotopic (exact) mass is 307 g/mol. The number of aromatic nitrogens is 2. The van der Waals surface area contributed by atoms with Gasteiger partial charge in [-0.1, -0.05) is 6.07 Å². The van der Waals surface area contributed by atoms with Gasteiger partial charge in [0.15, 0.2) is 0 Å². The van der Waals surface area contributed by atoms with Gasteiger partial charge >= 0.3 is 5.69 Å². The van der Waals surface area contributed by atoms with Crippen LogP contribution in [0.2, 0.25) is 0 Å². The summed E-state index contributed by atoms with van der Waals surface area (Å²) in [5.41, 5.74) is 0.491. The first-order valence-electron chi connectivity index (χ1n) is 6.98. The van der Waals surface area contributed by atoms with E-state index in [-0.39, 0.29) is 25.2 Å². The van der Waals surface area contributed by atoms with Crippen molar-refractivity contribution in [3.63, 3.8) is 0 Å². The van der Waals surface area contributed by atoms with Gasteiger partial charge in [0.1, 0.15) is 12.3 Å². The molecule has 1 N–H and O–H groups in total. The third kappa shape index (κ3) is 2.79. The Morgan fingerprint density at radius 1 is 1.23 bits per heavy atom. The van der Waals surface area contributed by atoms with E-state index in [4.69, 9.17) is 0 Å². The molecule has 5 nitrogen and oxygen atoms in total. The molecule has 1 saturated heterocycles. The molecule has 1 aromatic heterocycles. The summed E-state index contributed by atoms with van der Waals surface area (Å²) in [5.74, 6) is -0.435. The Labute approximate surface area is 125 Å². The van der Waals surface area contributed by atoms with Crippen molar-refractivity contribution in [2.75, 3.05) is 13.1 Å². The highest BCUT2D eigenvalue weighted by molar-refractivity contribution is 5.94. The van der Waals surface area contributed by atoms with Gasteiger partial charge in [-0.25, -0.2) is 13.6 Å². The number of rotatable bonds is 2. The number of aromatic amines is 1. The quantitative estimate of drug-likeness (QED) is 0.918. The second-order valence-electron chi connectivity index (χ2n) is 5.33. The number of halogens is 2. The highest BCUT2D eigenvalue weighted by atomic mass is 19.1. The number of hydrogen-bond donors (Lipinski definition) is 1.